The van der Waals surface area contributed by atoms with Crippen molar-refractivity contribution in [3.63, 3.8) is 0 Å². The first kappa shape index (κ1) is 19.1. The number of methoxy groups -OCH3 is 2. The fraction of sp³-hybridized carbons (Fsp3) is 0.312. The normalized spacial score (nSPS) is 11.2. The van der Waals surface area contributed by atoms with E-state index in [1.807, 2.05) is 6.26 Å². The van der Waals surface area contributed by atoms with Crippen LogP contribution in [-0.2, 0) is 15.3 Å². The standard InChI is InChI=1S/C16H19FN4O3S/c1-23-16(24-2,13-8-9-18-15(21-13)25-3)10-19-14(22)20-12-6-4-11(17)5-7-12/h4-9H,10H2,1-3H3,(H2,19,20,22). The van der Waals surface area contributed by atoms with E-state index in [4.69, 9.17) is 9.47 Å². The molecule has 134 valence electrons. The number of anilines is 1. The lowest BCUT2D eigenvalue weighted by atomic mass is 10.2. The summed E-state index contributed by atoms with van der Waals surface area (Å²) in [4.78, 5) is 20.5. The van der Waals surface area contributed by atoms with Crippen LogP contribution in [-0.4, -0.2) is 43.0 Å². The van der Waals surface area contributed by atoms with Crippen molar-refractivity contribution in [2.24, 2.45) is 0 Å². The molecule has 1 aromatic heterocycles. The van der Waals surface area contributed by atoms with Crippen LogP contribution in [0.25, 0.3) is 0 Å². The molecule has 2 N–H and O–H groups in total. The molecule has 0 aliphatic rings. The summed E-state index contributed by atoms with van der Waals surface area (Å²) in [5.74, 6) is -1.63. The molecule has 0 aliphatic carbocycles. The first-order valence-electron chi connectivity index (χ1n) is 7.31. The highest BCUT2D eigenvalue weighted by atomic mass is 32.2. The van der Waals surface area contributed by atoms with E-state index >= 15 is 0 Å². The van der Waals surface area contributed by atoms with Gasteiger partial charge < -0.3 is 20.1 Å². The maximum atomic E-state index is 12.9. The molecular weight excluding hydrogens is 347 g/mol. The number of nitrogens with zero attached hydrogens (tertiary/aromatic N) is 2. The van der Waals surface area contributed by atoms with E-state index < -0.39 is 11.8 Å². The Labute approximate surface area is 149 Å². The van der Waals surface area contributed by atoms with Gasteiger partial charge >= 0.3 is 6.03 Å². The first-order chi connectivity index (χ1) is 12.0. The van der Waals surface area contributed by atoms with E-state index in [1.165, 1.54) is 50.2 Å². The van der Waals surface area contributed by atoms with Gasteiger partial charge in [-0.3, -0.25) is 0 Å². The predicted molar refractivity (Wildman–Crippen MR) is 92.9 cm³/mol. The van der Waals surface area contributed by atoms with E-state index in [-0.39, 0.29) is 12.4 Å². The van der Waals surface area contributed by atoms with Crippen molar-refractivity contribution >= 4 is 23.5 Å². The monoisotopic (exact) mass is 366 g/mol. The quantitative estimate of drug-likeness (QED) is 0.445. The highest BCUT2D eigenvalue weighted by molar-refractivity contribution is 7.98. The van der Waals surface area contributed by atoms with Gasteiger partial charge in [-0.15, -0.1) is 0 Å². The van der Waals surface area contributed by atoms with Crippen LogP contribution in [0.4, 0.5) is 14.9 Å². The largest absolute Gasteiger partial charge is 0.347 e. The zero-order valence-electron chi connectivity index (χ0n) is 14.1. The lowest BCUT2D eigenvalue weighted by molar-refractivity contribution is -0.213. The van der Waals surface area contributed by atoms with Crippen molar-refractivity contribution in [2.75, 3.05) is 32.3 Å². The minimum atomic E-state index is -1.26. The number of hydrogen-bond donors (Lipinski definition) is 2. The molecule has 9 heteroatoms. The van der Waals surface area contributed by atoms with Crippen molar-refractivity contribution < 1.29 is 18.7 Å². The maximum Gasteiger partial charge on any atom is 0.319 e. The van der Waals surface area contributed by atoms with Gasteiger partial charge in [0.05, 0.1) is 6.54 Å². The van der Waals surface area contributed by atoms with Crippen molar-refractivity contribution in [2.45, 2.75) is 10.9 Å². The molecule has 1 heterocycles. The summed E-state index contributed by atoms with van der Waals surface area (Å²) in [6.45, 7) is 0.0118. The Bertz CT molecular complexity index is 711. The number of rotatable bonds is 7. The highest BCUT2D eigenvalue weighted by Gasteiger charge is 2.35. The fourth-order valence-corrected chi connectivity index (χ4v) is 2.44. The third kappa shape index (κ3) is 4.88. The third-order valence-corrected chi connectivity index (χ3v) is 4.01. The van der Waals surface area contributed by atoms with Gasteiger partial charge in [0.2, 0.25) is 5.79 Å². The Kier molecular flexibility index (Phi) is 6.68. The van der Waals surface area contributed by atoms with Gasteiger partial charge in [-0.1, -0.05) is 11.8 Å². The smallest absolute Gasteiger partial charge is 0.319 e. The second-order valence-electron chi connectivity index (χ2n) is 4.90. The average Bonchev–Trinajstić information content (AvgIpc) is 2.65. The summed E-state index contributed by atoms with van der Waals surface area (Å²) in [5.41, 5.74) is 0.949. The SMILES string of the molecule is COC(CNC(=O)Nc1ccc(F)cc1)(OC)c1ccnc(SC)n1. The van der Waals surface area contributed by atoms with Crippen molar-refractivity contribution in [1.82, 2.24) is 15.3 Å². The topological polar surface area (TPSA) is 85.4 Å². The molecule has 1 aromatic carbocycles. The summed E-state index contributed by atoms with van der Waals surface area (Å²) < 4.78 is 23.8. The van der Waals surface area contributed by atoms with E-state index in [1.54, 1.807) is 12.3 Å². The molecule has 0 saturated carbocycles. The molecule has 0 spiro atoms. The number of carbonyl (C=O) groups excluding carboxylic acids is 1. The maximum absolute atomic E-state index is 12.9. The zero-order chi connectivity index (χ0) is 18.3. The first-order valence-corrected chi connectivity index (χ1v) is 8.53. The molecule has 0 fully saturated rings. The van der Waals surface area contributed by atoms with Crippen LogP contribution < -0.4 is 10.6 Å². The highest BCUT2D eigenvalue weighted by Crippen LogP contribution is 2.24. The second-order valence-corrected chi connectivity index (χ2v) is 5.68. The van der Waals surface area contributed by atoms with E-state index in [0.717, 1.165) is 0 Å². The number of thioether (sulfide) groups is 1. The Hall–Kier alpha value is -2.23. The molecule has 0 saturated heterocycles. The van der Waals surface area contributed by atoms with Crippen LogP contribution in [0.3, 0.4) is 0 Å². The number of nitrogens with one attached hydrogen (secondary N) is 2. The summed E-state index contributed by atoms with van der Waals surface area (Å²) >= 11 is 1.38. The summed E-state index contributed by atoms with van der Waals surface area (Å²) in [6, 6.07) is 6.62. The predicted octanol–water partition coefficient (Wildman–Crippen LogP) is 2.60. The molecule has 2 amide bonds. The molecule has 0 radical (unpaired) electrons. The summed E-state index contributed by atoms with van der Waals surface area (Å²) in [7, 11) is 2.92. The Morgan fingerprint density at radius 2 is 1.92 bits per heavy atom. The van der Waals surface area contributed by atoms with Crippen LogP contribution in [0.15, 0.2) is 41.7 Å². The molecule has 0 unspecified atom stereocenters. The minimum absolute atomic E-state index is 0.0118. The molecule has 25 heavy (non-hydrogen) atoms. The molecular formula is C16H19FN4O3S. The zero-order valence-corrected chi connectivity index (χ0v) is 14.9. The molecule has 0 atom stereocenters. The van der Waals surface area contributed by atoms with Crippen molar-refractivity contribution in [3.05, 3.63) is 48.0 Å². The summed E-state index contributed by atoms with van der Waals surface area (Å²) in [6.07, 6.45) is 3.45. The van der Waals surface area contributed by atoms with Crippen molar-refractivity contribution in [1.29, 1.82) is 0 Å². The number of hydrogen-bond acceptors (Lipinski definition) is 6. The van der Waals surface area contributed by atoms with E-state index in [9.17, 15) is 9.18 Å². The van der Waals surface area contributed by atoms with Gasteiger partial charge in [-0.25, -0.2) is 19.2 Å². The molecule has 0 bridgehead atoms. The lowest BCUT2D eigenvalue weighted by Gasteiger charge is -2.30. The van der Waals surface area contributed by atoms with Crippen LogP contribution in [0, 0.1) is 5.82 Å². The van der Waals surface area contributed by atoms with Gasteiger partial charge in [0, 0.05) is 26.1 Å². The summed E-state index contributed by atoms with van der Waals surface area (Å²) in [5, 5.41) is 5.82. The molecule has 7 nitrogen and oxygen atoms in total. The van der Waals surface area contributed by atoms with Crippen molar-refractivity contribution in [3.8, 4) is 0 Å². The Morgan fingerprint density at radius 1 is 1.24 bits per heavy atom. The van der Waals surface area contributed by atoms with Crippen LogP contribution in [0.5, 0.6) is 0 Å². The third-order valence-electron chi connectivity index (χ3n) is 3.45. The lowest BCUT2D eigenvalue weighted by Crippen LogP contribution is -2.45. The Morgan fingerprint density at radius 3 is 2.52 bits per heavy atom. The average molecular weight is 366 g/mol. The van der Waals surface area contributed by atoms with Crippen LogP contribution in [0.1, 0.15) is 5.69 Å². The number of amides is 2. The molecule has 0 aliphatic heterocycles. The van der Waals surface area contributed by atoms with Gasteiger partial charge in [0.25, 0.3) is 0 Å². The van der Waals surface area contributed by atoms with E-state index in [2.05, 4.69) is 20.6 Å². The number of carbonyl (C=O) groups is 1. The van der Waals surface area contributed by atoms with Gasteiger partial charge in [0.1, 0.15) is 11.5 Å². The fourth-order valence-electron chi connectivity index (χ4n) is 2.08. The van der Waals surface area contributed by atoms with Gasteiger partial charge in [0.15, 0.2) is 5.16 Å². The number of benzene rings is 1. The molecule has 2 aromatic rings. The minimum Gasteiger partial charge on any atom is -0.347 e. The van der Waals surface area contributed by atoms with Gasteiger partial charge in [-0.05, 0) is 36.6 Å². The second kappa shape index (κ2) is 8.75. The number of ether oxygens (including phenoxy) is 2. The van der Waals surface area contributed by atoms with Gasteiger partial charge in [-0.2, -0.15) is 0 Å². The van der Waals surface area contributed by atoms with E-state index in [0.29, 0.717) is 16.5 Å². The number of aromatic nitrogens is 2. The molecule has 2 rings (SSSR count). The number of urea groups is 1. The Balaban J connectivity index is 2.07. The van der Waals surface area contributed by atoms with Crippen LogP contribution >= 0.6 is 11.8 Å². The van der Waals surface area contributed by atoms with Crippen LogP contribution in [0.2, 0.25) is 0 Å². The number of halogens is 1.